The highest BCUT2D eigenvalue weighted by Crippen LogP contribution is 2.10. The van der Waals surface area contributed by atoms with E-state index in [-0.39, 0.29) is 18.8 Å². The Hall–Kier alpha value is -0.160. The first-order valence-corrected chi connectivity index (χ1v) is 7.41. The Morgan fingerprint density at radius 3 is 2.00 bits per heavy atom. The van der Waals surface area contributed by atoms with Crippen LogP contribution in [0.2, 0.25) is 0 Å². The predicted molar refractivity (Wildman–Crippen MR) is 79.4 cm³/mol. The number of methoxy groups -OCH3 is 1. The summed E-state index contributed by atoms with van der Waals surface area (Å²) in [6.07, 6.45) is 4.85. The predicted octanol–water partition coefficient (Wildman–Crippen LogP) is 2.61. The first-order valence-electron chi connectivity index (χ1n) is 7.41. The molecule has 0 amide bonds. The Bertz CT molecular complexity index is 150. The highest BCUT2D eigenvalue weighted by molar-refractivity contribution is 4.53. The summed E-state index contributed by atoms with van der Waals surface area (Å²) in [5.74, 6) is 0.560. The third kappa shape index (κ3) is 15.8. The highest BCUT2D eigenvalue weighted by Gasteiger charge is 2.03. The molecule has 0 fully saturated rings. The van der Waals surface area contributed by atoms with Gasteiger partial charge in [0.05, 0.1) is 25.4 Å². The molecule has 3 unspecified atom stereocenters. The molecular weight excluding hydrogens is 244 g/mol. The summed E-state index contributed by atoms with van der Waals surface area (Å²) in [5.41, 5.74) is 0. The van der Waals surface area contributed by atoms with E-state index >= 15 is 0 Å². The number of hydrogen-bond donors (Lipinski definition) is 2. The number of ether oxygens (including phenoxy) is 2. The van der Waals surface area contributed by atoms with Crippen molar-refractivity contribution in [2.24, 2.45) is 5.92 Å². The van der Waals surface area contributed by atoms with Crippen LogP contribution in [-0.2, 0) is 9.47 Å². The fourth-order valence-corrected chi connectivity index (χ4v) is 1.34. The summed E-state index contributed by atoms with van der Waals surface area (Å²) in [5, 5.41) is 17.3. The average Bonchev–Trinajstić information content (AvgIpc) is 2.46. The van der Waals surface area contributed by atoms with Gasteiger partial charge in [0.1, 0.15) is 0 Å². The van der Waals surface area contributed by atoms with Crippen LogP contribution in [0.15, 0.2) is 0 Å². The van der Waals surface area contributed by atoms with Crippen LogP contribution in [0.5, 0.6) is 0 Å². The minimum absolute atomic E-state index is 0.0659. The van der Waals surface area contributed by atoms with E-state index in [0.29, 0.717) is 19.1 Å². The normalized spacial score (nSPS) is 15.3. The lowest BCUT2D eigenvalue weighted by Crippen LogP contribution is -2.21. The van der Waals surface area contributed by atoms with E-state index in [0.717, 1.165) is 6.42 Å². The Morgan fingerprint density at radius 2 is 1.63 bits per heavy atom. The summed E-state index contributed by atoms with van der Waals surface area (Å²) in [6, 6.07) is 0. The first-order chi connectivity index (χ1) is 9.05. The molecule has 0 heterocycles. The monoisotopic (exact) mass is 278 g/mol. The van der Waals surface area contributed by atoms with Crippen molar-refractivity contribution in [3.8, 4) is 0 Å². The Balaban J connectivity index is 0. The maximum Gasteiger partial charge on any atom is 0.0779 e. The third-order valence-corrected chi connectivity index (χ3v) is 3.08. The molecule has 3 atom stereocenters. The molecule has 0 aliphatic heterocycles. The van der Waals surface area contributed by atoms with Gasteiger partial charge in [0.15, 0.2) is 0 Å². The van der Waals surface area contributed by atoms with Gasteiger partial charge in [-0.15, -0.1) is 0 Å². The van der Waals surface area contributed by atoms with Crippen molar-refractivity contribution in [3.63, 3.8) is 0 Å². The quantitative estimate of drug-likeness (QED) is 0.645. The lowest BCUT2D eigenvalue weighted by Gasteiger charge is -2.13. The molecule has 0 aliphatic rings. The van der Waals surface area contributed by atoms with Gasteiger partial charge in [-0.05, 0) is 26.2 Å². The number of rotatable bonds is 10. The van der Waals surface area contributed by atoms with Gasteiger partial charge in [0.25, 0.3) is 0 Å². The minimum Gasteiger partial charge on any atom is -0.396 e. The molecule has 0 radical (unpaired) electrons. The van der Waals surface area contributed by atoms with Crippen LogP contribution in [0, 0.1) is 5.92 Å². The van der Waals surface area contributed by atoms with Gasteiger partial charge in [-0.3, -0.25) is 0 Å². The zero-order chi connectivity index (χ0) is 15.1. The molecule has 0 aromatic heterocycles. The van der Waals surface area contributed by atoms with Crippen molar-refractivity contribution in [1.82, 2.24) is 0 Å². The van der Waals surface area contributed by atoms with Crippen LogP contribution in [0.1, 0.15) is 53.4 Å². The van der Waals surface area contributed by atoms with E-state index in [1.165, 1.54) is 19.3 Å². The standard InChI is InChI=1S/C8H18O.C7H16O3/c1-3-5-6-8(4-2)7-9;1-6(4-8)10-5-7(2)9-3/h8-9H,3-7H2,1-2H3;6-8H,4-5H2,1-3H3. The van der Waals surface area contributed by atoms with Crippen LogP contribution in [0.25, 0.3) is 0 Å². The average molecular weight is 278 g/mol. The molecule has 19 heavy (non-hydrogen) atoms. The summed E-state index contributed by atoms with van der Waals surface area (Å²) in [7, 11) is 1.64. The molecular formula is C15H34O4. The van der Waals surface area contributed by atoms with Crippen LogP contribution in [-0.4, -0.2) is 49.4 Å². The molecule has 0 aromatic rings. The molecule has 0 saturated carbocycles. The molecule has 0 rings (SSSR count). The summed E-state index contributed by atoms with van der Waals surface area (Å²) in [6.45, 7) is 9.04. The molecule has 118 valence electrons. The van der Waals surface area contributed by atoms with E-state index < -0.39 is 0 Å². The van der Waals surface area contributed by atoms with E-state index in [4.69, 9.17) is 19.7 Å². The van der Waals surface area contributed by atoms with Crippen molar-refractivity contribution in [2.75, 3.05) is 26.9 Å². The Labute approximate surface area is 119 Å². The lowest BCUT2D eigenvalue weighted by molar-refractivity contribution is -0.0313. The van der Waals surface area contributed by atoms with Crippen LogP contribution < -0.4 is 0 Å². The second-order valence-electron chi connectivity index (χ2n) is 4.97. The largest absolute Gasteiger partial charge is 0.396 e. The smallest absolute Gasteiger partial charge is 0.0779 e. The van der Waals surface area contributed by atoms with E-state index in [1.54, 1.807) is 7.11 Å². The van der Waals surface area contributed by atoms with E-state index in [9.17, 15) is 0 Å². The van der Waals surface area contributed by atoms with Gasteiger partial charge < -0.3 is 19.7 Å². The van der Waals surface area contributed by atoms with Crippen molar-refractivity contribution in [1.29, 1.82) is 0 Å². The molecule has 0 aliphatic carbocycles. The second-order valence-corrected chi connectivity index (χ2v) is 4.97. The van der Waals surface area contributed by atoms with Crippen molar-refractivity contribution < 1.29 is 19.7 Å². The van der Waals surface area contributed by atoms with E-state index in [2.05, 4.69) is 13.8 Å². The highest BCUT2D eigenvalue weighted by atomic mass is 16.5. The van der Waals surface area contributed by atoms with Crippen molar-refractivity contribution in [2.45, 2.75) is 65.6 Å². The number of aliphatic hydroxyl groups is 2. The van der Waals surface area contributed by atoms with Crippen LogP contribution in [0.3, 0.4) is 0 Å². The molecule has 4 heteroatoms. The topological polar surface area (TPSA) is 58.9 Å². The fraction of sp³-hybridized carbons (Fsp3) is 1.00. The van der Waals surface area contributed by atoms with Gasteiger partial charge in [-0.25, -0.2) is 0 Å². The lowest BCUT2D eigenvalue weighted by atomic mass is 10.0. The summed E-state index contributed by atoms with van der Waals surface area (Å²) < 4.78 is 10.1. The fourth-order valence-electron chi connectivity index (χ4n) is 1.34. The number of hydrogen-bond acceptors (Lipinski definition) is 4. The molecule has 0 saturated heterocycles. The molecule has 4 nitrogen and oxygen atoms in total. The number of unbranched alkanes of at least 4 members (excludes halogenated alkanes) is 1. The third-order valence-electron chi connectivity index (χ3n) is 3.08. The second kappa shape index (κ2) is 15.9. The zero-order valence-corrected chi connectivity index (χ0v) is 13.4. The molecule has 0 spiro atoms. The van der Waals surface area contributed by atoms with Gasteiger partial charge in [0.2, 0.25) is 0 Å². The Kier molecular flexibility index (Phi) is 17.7. The molecule has 0 aromatic carbocycles. The van der Waals surface area contributed by atoms with Crippen LogP contribution >= 0.6 is 0 Å². The zero-order valence-electron chi connectivity index (χ0n) is 13.4. The summed E-state index contributed by atoms with van der Waals surface area (Å²) >= 11 is 0. The maximum atomic E-state index is 8.75. The minimum atomic E-state index is -0.0856. The molecule has 2 N–H and O–H groups in total. The van der Waals surface area contributed by atoms with Crippen molar-refractivity contribution >= 4 is 0 Å². The van der Waals surface area contributed by atoms with Crippen molar-refractivity contribution in [3.05, 3.63) is 0 Å². The summed E-state index contributed by atoms with van der Waals surface area (Å²) in [4.78, 5) is 0. The van der Waals surface area contributed by atoms with Gasteiger partial charge >= 0.3 is 0 Å². The van der Waals surface area contributed by atoms with E-state index in [1.807, 2.05) is 13.8 Å². The molecule has 0 bridgehead atoms. The SMILES string of the molecule is CCCCC(CC)CO.COC(C)COC(C)CO. The maximum absolute atomic E-state index is 8.75. The number of aliphatic hydroxyl groups excluding tert-OH is 2. The van der Waals surface area contributed by atoms with Crippen LogP contribution in [0.4, 0.5) is 0 Å². The van der Waals surface area contributed by atoms with Gasteiger partial charge in [-0.2, -0.15) is 0 Å². The van der Waals surface area contributed by atoms with Gasteiger partial charge in [-0.1, -0.05) is 33.1 Å². The Morgan fingerprint density at radius 1 is 1.00 bits per heavy atom. The van der Waals surface area contributed by atoms with Gasteiger partial charge in [0, 0.05) is 13.7 Å². The first kappa shape index (κ1) is 21.1.